The van der Waals surface area contributed by atoms with E-state index in [0.29, 0.717) is 17.9 Å². The Bertz CT molecular complexity index is 321. The Hall–Kier alpha value is -0.610. The molecule has 2 aliphatic rings. The van der Waals surface area contributed by atoms with E-state index in [9.17, 15) is 4.79 Å². The van der Waals surface area contributed by atoms with Crippen molar-refractivity contribution in [1.82, 2.24) is 15.1 Å². The molecule has 110 valence electrons. The molecule has 0 radical (unpaired) electrons. The number of likely N-dealkylation sites (tertiary alicyclic amines) is 1. The molecular formula is C15H29N3O. The summed E-state index contributed by atoms with van der Waals surface area (Å²) in [6.07, 6.45) is 4.63. The normalized spacial score (nSPS) is 34.2. The highest BCUT2D eigenvalue weighted by Gasteiger charge is 2.44. The van der Waals surface area contributed by atoms with Crippen LogP contribution in [-0.2, 0) is 4.79 Å². The lowest BCUT2D eigenvalue weighted by Crippen LogP contribution is -2.45. The Balaban J connectivity index is 2.11. The third-order valence-electron chi connectivity index (χ3n) is 4.76. The van der Waals surface area contributed by atoms with E-state index in [0.717, 1.165) is 38.8 Å². The highest BCUT2D eigenvalue weighted by molar-refractivity contribution is 5.85. The fraction of sp³-hybridized carbons (Fsp3) is 0.933. The van der Waals surface area contributed by atoms with E-state index in [-0.39, 0.29) is 12.2 Å². The second-order valence-corrected chi connectivity index (χ2v) is 6.28. The molecule has 0 spiro atoms. The van der Waals surface area contributed by atoms with E-state index < -0.39 is 0 Å². The number of nitrogens with one attached hydrogen (secondary N) is 1. The fourth-order valence-corrected chi connectivity index (χ4v) is 3.39. The van der Waals surface area contributed by atoms with Gasteiger partial charge in [0.25, 0.3) is 0 Å². The summed E-state index contributed by atoms with van der Waals surface area (Å²) in [5.41, 5.74) is 0. The van der Waals surface area contributed by atoms with Crippen molar-refractivity contribution in [2.24, 2.45) is 5.92 Å². The number of amides is 1. The second kappa shape index (κ2) is 6.23. The third kappa shape index (κ3) is 2.95. The van der Waals surface area contributed by atoms with Crippen LogP contribution in [0.3, 0.4) is 0 Å². The summed E-state index contributed by atoms with van der Waals surface area (Å²) < 4.78 is 0. The maximum absolute atomic E-state index is 12.7. The Morgan fingerprint density at radius 2 is 2.16 bits per heavy atom. The molecule has 4 nitrogen and oxygen atoms in total. The summed E-state index contributed by atoms with van der Waals surface area (Å²) in [6.45, 7) is 8.69. The number of rotatable bonds is 5. The van der Waals surface area contributed by atoms with Gasteiger partial charge in [0.05, 0.1) is 12.2 Å². The van der Waals surface area contributed by atoms with Gasteiger partial charge in [-0.25, -0.2) is 0 Å². The average Bonchev–Trinajstić information content (AvgIpc) is 2.93. The van der Waals surface area contributed by atoms with Gasteiger partial charge < -0.3 is 9.80 Å². The molecule has 1 N–H and O–H groups in total. The van der Waals surface area contributed by atoms with E-state index in [4.69, 9.17) is 0 Å². The molecule has 4 unspecified atom stereocenters. The van der Waals surface area contributed by atoms with Gasteiger partial charge in [0.2, 0.25) is 5.91 Å². The van der Waals surface area contributed by atoms with Crippen LogP contribution in [0.5, 0.6) is 0 Å². The van der Waals surface area contributed by atoms with Crippen molar-refractivity contribution in [3.05, 3.63) is 0 Å². The molecule has 0 saturated carbocycles. The average molecular weight is 267 g/mol. The van der Waals surface area contributed by atoms with E-state index >= 15 is 0 Å². The number of likely N-dealkylation sites (N-methyl/N-ethyl adjacent to an activating group) is 1. The van der Waals surface area contributed by atoms with E-state index in [1.807, 2.05) is 0 Å². The Morgan fingerprint density at radius 3 is 2.68 bits per heavy atom. The standard InChI is InChI=1S/C15H29N3O/c1-5-7-13-16-14(11(3)6-2)15(19)18(13)12-8-9-17(4)10-12/h11-14,16H,5-10H2,1-4H3. The molecule has 4 heteroatoms. The van der Waals surface area contributed by atoms with Gasteiger partial charge >= 0.3 is 0 Å². The van der Waals surface area contributed by atoms with Crippen molar-refractivity contribution < 1.29 is 4.79 Å². The van der Waals surface area contributed by atoms with Crippen LogP contribution in [-0.4, -0.2) is 54.1 Å². The minimum atomic E-state index is 0.0347. The zero-order chi connectivity index (χ0) is 14.0. The molecule has 0 bridgehead atoms. The zero-order valence-electron chi connectivity index (χ0n) is 12.9. The van der Waals surface area contributed by atoms with Crippen molar-refractivity contribution in [2.45, 2.75) is 64.7 Å². The number of carbonyl (C=O) groups is 1. The fourth-order valence-electron chi connectivity index (χ4n) is 3.39. The molecule has 2 heterocycles. The van der Waals surface area contributed by atoms with E-state index in [2.05, 4.69) is 42.9 Å². The molecule has 4 atom stereocenters. The van der Waals surface area contributed by atoms with Crippen LogP contribution >= 0.6 is 0 Å². The van der Waals surface area contributed by atoms with Crippen molar-refractivity contribution in [1.29, 1.82) is 0 Å². The molecule has 0 aromatic rings. The molecule has 2 rings (SSSR count). The molecule has 19 heavy (non-hydrogen) atoms. The van der Waals surface area contributed by atoms with Crippen LogP contribution in [0, 0.1) is 5.92 Å². The van der Waals surface area contributed by atoms with Crippen LogP contribution in [0.2, 0.25) is 0 Å². The van der Waals surface area contributed by atoms with Gasteiger partial charge in [-0.3, -0.25) is 10.1 Å². The van der Waals surface area contributed by atoms with Crippen molar-refractivity contribution in [3.63, 3.8) is 0 Å². The predicted molar refractivity (Wildman–Crippen MR) is 77.8 cm³/mol. The van der Waals surface area contributed by atoms with Crippen molar-refractivity contribution in [3.8, 4) is 0 Å². The number of carbonyl (C=O) groups excluding carboxylic acids is 1. The lowest BCUT2D eigenvalue weighted by Gasteiger charge is -2.30. The lowest BCUT2D eigenvalue weighted by molar-refractivity contribution is -0.133. The second-order valence-electron chi connectivity index (χ2n) is 6.28. The van der Waals surface area contributed by atoms with Gasteiger partial charge in [-0.05, 0) is 32.4 Å². The van der Waals surface area contributed by atoms with Crippen molar-refractivity contribution in [2.75, 3.05) is 20.1 Å². The minimum Gasteiger partial charge on any atom is -0.321 e. The maximum atomic E-state index is 12.7. The number of hydrogen-bond donors (Lipinski definition) is 1. The van der Waals surface area contributed by atoms with Crippen LogP contribution in [0.15, 0.2) is 0 Å². The van der Waals surface area contributed by atoms with Crippen molar-refractivity contribution >= 4 is 5.91 Å². The first-order valence-electron chi connectivity index (χ1n) is 7.85. The highest BCUT2D eigenvalue weighted by atomic mass is 16.2. The lowest BCUT2D eigenvalue weighted by atomic mass is 9.99. The zero-order valence-corrected chi connectivity index (χ0v) is 12.9. The van der Waals surface area contributed by atoms with E-state index in [1.165, 1.54) is 0 Å². The molecule has 0 aromatic carbocycles. The van der Waals surface area contributed by atoms with Gasteiger partial charge in [-0.2, -0.15) is 0 Å². The first-order valence-corrected chi connectivity index (χ1v) is 7.85. The molecule has 2 aliphatic heterocycles. The molecule has 2 saturated heterocycles. The molecule has 2 fully saturated rings. The van der Waals surface area contributed by atoms with Crippen LogP contribution in [0.25, 0.3) is 0 Å². The summed E-state index contributed by atoms with van der Waals surface area (Å²) in [6, 6.07) is 0.447. The Morgan fingerprint density at radius 1 is 1.42 bits per heavy atom. The van der Waals surface area contributed by atoms with Gasteiger partial charge in [0, 0.05) is 12.6 Å². The highest BCUT2D eigenvalue weighted by Crippen LogP contribution is 2.27. The molecule has 0 aliphatic carbocycles. The maximum Gasteiger partial charge on any atom is 0.241 e. The third-order valence-corrected chi connectivity index (χ3v) is 4.76. The SMILES string of the molecule is CCCC1NC(C(C)CC)C(=O)N1C1CCN(C)C1. The Labute approximate surface area is 117 Å². The Kier molecular flexibility index (Phi) is 4.85. The van der Waals surface area contributed by atoms with Gasteiger partial charge in [0.1, 0.15) is 0 Å². The minimum absolute atomic E-state index is 0.0347. The summed E-state index contributed by atoms with van der Waals surface area (Å²) in [5.74, 6) is 0.768. The van der Waals surface area contributed by atoms with Gasteiger partial charge in [-0.1, -0.05) is 33.6 Å². The smallest absolute Gasteiger partial charge is 0.241 e. The molecule has 0 aromatic heterocycles. The van der Waals surface area contributed by atoms with Gasteiger partial charge in [-0.15, -0.1) is 0 Å². The first kappa shape index (κ1) is 14.8. The summed E-state index contributed by atoms with van der Waals surface area (Å²) in [5, 5.41) is 3.59. The molecule has 1 amide bonds. The number of nitrogens with zero attached hydrogens (tertiary/aromatic N) is 2. The van der Waals surface area contributed by atoms with E-state index in [1.54, 1.807) is 0 Å². The number of hydrogen-bond acceptors (Lipinski definition) is 3. The molecular weight excluding hydrogens is 238 g/mol. The summed E-state index contributed by atoms with van der Waals surface area (Å²) in [4.78, 5) is 17.2. The monoisotopic (exact) mass is 267 g/mol. The van der Waals surface area contributed by atoms with Crippen LogP contribution < -0.4 is 5.32 Å². The largest absolute Gasteiger partial charge is 0.321 e. The predicted octanol–water partition coefficient (Wildman–Crippen LogP) is 1.66. The first-order chi connectivity index (χ1) is 9.08. The summed E-state index contributed by atoms with van der Waals surface area (Å²) in [7, 11) is 2.15. The summed E-state index contributed by atoms with van der Waals surface area (Å²) >= 11 is 0. The van der Waals surface area contributed by atoms with Crippen LogP contribution in [0.4, 0.5) is 0 Å². The van der Waals surface area contributed by atoms with Gasteiger partial charge in [0.15, 0.2) is 0 Å². The topological polar surface area (TPSA) is 35.6 Å². The quantitative estimate of drug-likeness (QED) is 0.823. The van der Waals surface area contributed by atoms with Crippen LogP contribution in [0.1, 0.15) is 46.5 Å².